The van der Waals surface area contributed by atoms with Crippen LogP contribution in [0.25, 0.3) is 0 Å². The second-order valence-corrected chi connectivity index (χ2v) is 6.71. The van der Waals surface area contributed by atoms with Crippen LogP contribution in [0.2, 0.25) is 0 Å². The molecule has 1 aliphatic rings. The van der Waals surface area contributed by atoms with Crippen LogP contribution in [0.5, 0.6) is 0 Å². The fourth-order valence-corrected chi connectivity index (χ4v) is 3.45. The summed E-state index contributed by atoms with van der Waals surface area (Å²) in [5.74, 6) is 0. The van der Waals surface area contributed by atoms with Gasteiger partial charge in [0.25, 0.3) is 0 Å². The zero-order valence-corrected chi connectivity index (χ0v) is 13.2. The van der Waals surface area contributed by atoms with E-state index in [9.17, 15) is 0 Å². The molecule has 5 heteroatoms. The molecule has 1 aliphatic heterocycles. The molecule has 21 heavy (non-hydrogen) atoms. The van der Waals surface area contributed by atoms with Gasteiger partial charge >= 0.3 is 0 Å². The summed E-state index contributed by atoms with van der Waals surface area (Å²) in [4.78, 5) is 2.54. The molecule has 2 aromatic rings. The molecule has 1 N–H and O–H groups in total. The van der Waals surface area contributed by atoms with Crippen molar-refractivity contribution < 1.29 is 0 Å². The molecule has 114 valence electrons. The van der Waals surface area contributed by atoms with Crippen LogP contribution in [0.3, 0.4) is 0 Å². The Morgan fingerprint density at radius 2 is 2.19 bits per heavy atom. The van der Waals surface area contributed by atoms with Crippen molar-refractivity contribution in [3.8, 4) is 0 Å². The predicted octanol–water partition coefficient (Wildman–Crippen LogP) is 2.74. The summed E-state index contributed by atoms with van der Waals surface area (Å²) in [7, 11) is 0. The first-order valence-corrected chi connectivity index (χ1v) is 7.83. The highest BCUT2D eigenvalue weighted by Crippen LogP contribution is 2.32. The van der Waals surface area contributed by atoms with Crippen molar-refractivity contribution in [2.75, 3.05) is 13.1 Å². The summed E-state index contributed by atoms with van der Waals surface area (Å²) in [6, 6.07) is 4.67. The molecular formula is C16H25N5. The second-order valence-electron chi connectivity index (χ2n) is 6.71. The third-order valence-corrected chi connectivity index (χ3v) is 4.55. The molecule has 0 unspecified atom stereocenters. The molecule has 5 nitrogen and oxygen atoms in total. The van der Waals surface area contributed by atoms with Gasteiger partial charge in [-0.2, -0.15) is 10.2 Å². The van der Waals surface area contributed by atoms with Crippen molar-refractivity contribution in [1.29, 1.82) is 0 Å². The minimum atomic E-state index is 0.178. The van der Waals surface area contributed by atoms with E-state index in [1.54, 1.807) is 0 Å². The van der Waals surface area contributed by atoms with Crippen molar-refractivity contribution in [2.45, 2.75) is 51.6 Å². The maximum absolute atomic E-state index is 4.44. The lowest BCUT2D eigenvalue weighted by atomic mass is 9.79. The van der Waals surface area contributed by atoms with Crippen molar-refractivity contribution in [1.82, 2.24) is 24.9 Å². The highest BCUT2D eigenvalue weighted by atomic mass is 15.3. The SMILES string of the molecule is CC(C)n1nccc1CN1CCC[C@](C)(c2ccn[nH]2)C1. The molecule has 1 atom stereocenters. The number of aromatic nitrogens is 4. The van der Waals surface area contributed by atoms with E-state index < -0.39 is 0 Å². The van der Waals surface area contributed by atoms with Crippen molar-refractivity contribution in [3.05, 3.63) is 35.9 Å². The van der Waals surface area contributed by atoms with Gasteiger partial charge in [-0.25, -0.2) is 0 Å². The molecule has 1 saturated heterocycles. The second kappa shape index (κ2) is 5.64. The molecule has 3 heterocycles. The normalized spacial score (nSPS) is 23.8. The molecule has 0 aromatic carbocycles. The molecule has 0 radical (unpaired) electrons. The number of nitrogens with one attached hydrogen (secondary N) is 1. The number of H-pyrrole nitrogens is 1. The van der Waals surface area contributed by atoms with Crippen LogP contribution in [0.1, 0.15) is 51.0 Å². The Kier molecular flexibility index (Phi) is 3.85. The summed E-state index contributed by atoms with van der Waals surface area (Å²) in [6.45, 7) is 9.91. The number of hydrogen-bond donors (Lipinski definition) is 1. The number of aromatic amines is 1. The van der Waals surface area contributed by atoms with E-state index in [2.05, 4.69) is 57.8 Å². The van der Waals surface area contributed by atoms with Crippen molar-refractivity contribution >= 4 is 0 Å². The molecule has 0 bridgehead atoms. The molecule has 1 fully saturated rings. The Morgan fingerprint density at radius 1 is 1.33 bits per heavy atom. The summed E-state index contributed by atoms with van der Waals surface area (Å²) < 4.78 is 2.13. The first kappa shape index (κ1) is 14.3. The van der Waals surface area contributed by atoms with Gasteiger partial charge in [-0.3, -0.25) is 14.7 Å². The van der Waals surface area contributed by atoms with E-state index >= 15 is 0 Å². The Morgan fingerprint density at radius 3 is 2.90 bits per heavy atom. The minimum Gasteiger partial charge on any atom is -0.297 e. The van der Waals surface area contributed by atoms with Gasteiger partial charge in [0.2, 0.25) is 0 Å². The van der Waals surface area contributed by atoms with Gasteiger partial charge in [-0.15, -0.1) is 0 Å². The Bertz CT molecular complexity index is 571. The monoisotopic (exact) mass is 287 g/mol. The van der Waals surface area contributed by atoms with Gasteiger partial charge in [0.1, 0.15) is 0 Å². The number of nitrogens with zero attached hydrogens (tertiary/aromatic N) is 4. The van der Waals surface area contributed by atoms with E-state index in [1.165, 1.54) is 24.2 Å². The van der Waals surface area contributed by atoms with E-state index in [0.717, 1.165) is 19.6 Å². The molecule has 2 aromatic heterocycles. The first-order valence-electron chi connectivity index (χ1n) is 7.83. The highest BCUT2D eigenvalue weighted by Gasteiger charge is 2.34. The number of hydrogen-bond acceptors (Lipinski definition) is 3. The van der Waals surface area contributed by atoms with E-state index in [4.69, 9.17) is 0 Å². The fraction of sp³-hybridized carbons (Fsp3) is 0.625. The minimum absolute atomic E-state index is 0.178. The number of piperidine rings is 1. The zero-order valence-electron chi connectivity index (χ0n) is 13.2. The van der Waals surface area contributed by atoms with Crippen molar-refractivity contribution in [3.63, 3.8) is 0 Å². The number of likely N-dealkylation sites (tertiary alicyclic amines) is 1. The van der Waals surface area contributed by atoms with Crippen LogP contribution in [-0.4, -0.2) is 38.0 Å². The Balaban J connectivity index is 1.73. The van der Waals surface area contributed by atoms with Gasteiger partial charge < -0.3 is 0 Å². The zero-order chi connectivity index (χ0) is 14.9. The van der Waals surface area contributed by atoms with Crippen LogP contribution < -0.4 is 0 Å². The third-order valence-electron chi connectivity index (χ3n) is 4.55. The highest BCUT2D eigenvalue weighted by molar-refractivity contribution is 5.16. The quantitative estimate of drug-likeness (QED) is 0.940. The van der Waals surface area contributed by atoms with Crippen LogP contribution in [0, 0.1) is 0 Å². The molecule has 3 rings (SSSR count). The molecule has 0 aliphatic carbocycles. The number of rotatable bonds is 4. The van der Waals surface area contributed by atoms with Crippen LogP contribution >= 0.6 is 0 Å². The van der Waals surface area contributed by atoms with Gasteiger partial charge in [0, 0.05) is 42.6 Å². The molecule has 0 spiro atoms. The smallest absolute Gasteiger partial charge is 0.0527 e. The molecule has 0 saturated carbocycles. The molecule has 0 amide bonds. The summed E-state index contributed by atoms with van der Waals surface area (Å²) in [5.41, 5.74) is 2.74. The molecular weight excluding hydrogens is 262 g/mol. The fourth-order valence-electron chi connectivity index (χ4n) is 3.45. The van der Waals surface area contributed by atoms with E-state index in [1.807, 2.05) is 12.4 Å². The first-order chi connectivity index (χ1) is 10.1. The lowest BCUT2D eigenvalue weighted by molar-refractivity contribution is 0.143. The van der Waals surface area contributed by atoms with Gasteiger partial charge in [-0.05, 0) is 45.4 Å². The topological polar surface area (TPSA) is 49.7 Å². The lowest BCUT2D eigenvalue weighted by Crippen LogP contribution is -2.44. The summed E-state index contributed by atoms with van der Waals surface area (Å²) in [6.07, 6.45) is 6.21. The predicted molar refractivity (Wildman–Crippen MR) is 83.1 cm³/mol. The van der Waals surface area contributed by atoms with Crippen LogP contribution in [0.4, 0.5) is 0 Å². The van der Waals surface area contributed by atoms with Crippen LogP contribution in [0.15, 0.2) is 24.5 Å². The lowest BCUT2D eigenvalue weighted by Gasteiger charge is -2.40. The average molecular weight is 287 g/mol. The average Bonchev–Trinajstić information content (AvgIpc) is 3.09. The van der Waals surface area contributed by atoms with Gasteiger partial charge in [0.05, 0.1) is 5.69 Å². The Hall–Kier alpha value is -1.62. The standard InChI is InChI=1S/C16H25N5/c1-13(2)21-14(5-9-18-21)11-20-10-4-7-16(3,12-20)15-6-8-17-19-15/h5-6,8-9,13H,4,7,10-12H2,1-3H3,(H,17,19)/t16-/m0/s1. The largest absolute Gasteiger partial charge is 0.297 e. The maximum Gasteiger partial charge on any atom is 0.0527 e. The van der Waals surface area contributed by atoms with E-state index in [-0.39, 0.29) is 5.41 Å². The van der Waals surface area contributed by atoms with Crippen molar-refractivity contribution in [2.24, 2.45) is 0 Å². The van der Waals surface area contributed by atoms with Gasteiger partial charge in [0.15, 0.2) is 0 Å². The summed E-state index contributed by atoms with van der Waals surface area (Å²) in [5, 5.41) is 11.7. The van der Waals surface area contributed by atoms with Gasteiger partial charge in [-0.1, -0.05) is 6.92 Å². The third kappa shape index (κ3) is 2.88. The van der Waals surface area contributed by atoms with Crippen LogP contribution in [-0.2, 0) is 12.0 Å². The summed E-state index contributed by atoms with van der Waals surface area (Å²) >= 11 is 0. The van der Waals surface area contributed by atoms with E-state index in [0.29, 0.717) is 6.04 Å². The maximum atomic E-state index is 4.44. The Labute approximate surface area is 126 Å².